The molecule has 5 nitrogen and oxygen atoms in total. The highest BCUT2D eigenvalue weighted by atomic mass is 32.1. The van der Waals surface area contributed by atoms with Gasteiger partial charge in [0.1, 0.15) is 0 Å². The Balaban J connectivity index is 1.49. The van der Waals surface area contributed by atoms with E-state index in [-0.39, 0.29) is 17.9 Å². The lowest BCUT2D eigenvalue weighted by molar-refractivity contribution is -0.117. The molecule has 0 fully saturated rings. The Bertz CT molecular complexity index is 998. The maximum Gasteiger partial charge on any atom is 0.251 e. The molecule has 0 unspecified atom stereocenters. The molecule has 2 amide bonds. The summed E-state index contributed by atoms with van der Waals surface area (Å²) in [6.45, 7) is 1.15. The van der Waals surface area contributed by atoms with Crippen LogP contribution < -0.4 is 10.6 Å². The summed E-state index contributed by atoms with van der Waals surface area (Å²) in [5.41, 5.74) is 3.76. The molecule has 0 radical (unpaired) electrons. The number of nitrogens with one attached hydrogen (secondary N) is 2. The van der Waals surface area contributed by atoms with Gasteiger partial charge < -0.3 is 10.6 Å². The van der Waals surface area contributed by atoms with Gasteiger partial charge in [-0.1, -0.05) is 30.3 Å². The standard InChI is InChI=1S/C23H23N3O2S/c1-24-23(28)17-7-9-18(10-8-17)25-21(27)15-26-13-11-20-19(12-14-29-20)22(26)16-5-3-2-4-6-16/h2-10,12,14,22H,11,13,15H2,1H3,(H,24,28)(H,25,27)/t22-/m0/s1. The second-order valence-electron chi connectivity index (χ2n) is 7.04. The van der Waals surface area contributed by atoms with Crippen LogP contribution in [0.4, 0.5) is 5.69 Å². The minimum atomic E-state index is -0.145. The lowest BCUT2D eigenvalue weighted by atomic mass is 9.93. The third kappa shape index (κ3) is 4.23. The highest BCUT2D eigenvalue weighted by Crippen LogP contribution is 2.37. The van der Waals surface area contributed by atoms with Crippen molar-refractivity contribution in [2.75, 3.05) is 25.5 Å². The first-order chi connectivity index (χ1) is 14.2. The number of benzene rings is 2. The van der Waals surface area contributed by atoms with Gasteiger partial charge in [0.15, 0.2) is 0 Å². The van der Waals surface area contributed by atoms with Crippen molar-refractivity contribution in [3.8, 4) is 0 Å². The van der Waals surface area contributed by atoms with E-state index in [0.29, 0.717) is 17.8 Å². The van der Waals surface area contributed by atoms with Crippen molar-refractivity contribution in [1.29, 1.82) is 0 Å². The van der Waals surface area contributed by atoms with Gasteiger partial charge in [0, 0.05) is 29.7 Å². The van der Waals surface area contributed by atoms with Crippen molar-refractivity contribution >= 4 is 28.8 Å². The summed E-state index contributed by atoms with van der Waals surface area (Å²) in [5, 5.41) is 7.68. The molecule has 2 heterocycles. The lowest BCUT2D eigenvalue weighted by Crippen LogP contribution is -2.40. The normalized spacial score (nSPS) is 16.1. The first kappa shape index (κ1) is 19.4. The van der Waals surface area contributed by atoms with Crippen LogP contribution in [0.5, 0.6) is 0 Å². The molecule has 4 rings (SSSR count). The summed E-state index contributed by atoms with van der Waals surface area (Å²) in [5.74, 6) is -0.203. The zero-order valence-corrected chi connectivity index (χ0v) is 17.0. The average Bonchev–Trinajstić information content (AvgIpc) is 3.23. The van der Waals surface area contributed by atoms with Gasteiger partial charge in [0.2, 0.25) is 5.91 Å². The molecular formula is C23H23N3O2S. The summed E-state index contributed by atoms with van der Waals surface area (Å²) < 4.78 is 0. The quantitative estimate of drug-likeness (QED) is 0.681. The highest BCUT2D eigenvalue weighted by Gasteiger charge is 2.30. The molecule has 0 bridgehead atoms. The number of rotatable bonds is 5. The van der Waals surface area contributed by atoms with E-state index >= 15 is 0 Å². The van der Waals surface area contributed by atoms with E-state index in [4.69, 9.17) is 0 Å². The van der Waals surface area contributed by atoms with Crippen LogP contribution in [0.25, 0.3) is 0 Å². The number of amides is 2. The van der Waals surface area contributed by atoms with Crippen LogP contribution in [-0.2, 0) is 11.2 Å². The fourth-order valence-corrected chi connectivity index (χ4v) is 4.70. The Morgan fingerprint density at radius 2 is 1.83 bits per heavy atom. The summed E-state index contributed by atoms with van der Waals surface area (Å²) in [6.07, 6.45) is 0.963. The molecule has 2 aromatic carbocycles. The predicted molar refractivity (Wildman–Crippen MR) is 116 cm³/mol. The minimum absolute atomic E-state index is 0.0581. The molecule has 0 aliphatic carbocycles. The van der Waals surface area contributed by atoms with Crippen molar-refractivity contribution in [3.05, 3.63) is 87.6 Å². The fraction of sp³-hybridized carbons (Fsp3) is 0.217. The fourth-order valence-electron chi connectivity index (χ4n) is 3.80. The predicted octanol–water partition coefficient (Wildman–Crippen LogP) is 3.69. The maximum absolute atomic E-state index is 12.8. The van der Waals surface area contributed by atoms with Crippen LogP contribution in [0.3, 0.4) is 0 Å². The number of hydrogen-bond acceptors (Lipinski definition) is 4. The molecule has 2 N–H and O–H groups in total. The smallest absolute Gasteiger partial charge is 0.251 e. The van der Waals surface area contributed by atoms with E-state index in [1.54, 1.807) is 42.6 Å². The zero-order valence-electron chi connectivity index (χ0n) is 16.2. The minimum Gasteiger partial charge on any atom is -0.355 e. The third-order valence-corrected chi connectivity index (χ3v) is 6.18. The molecule has 1 aliphatic heterocycles. The molecule has 1 aliphatic rings. The van der Waals surface area contributed by atoms with Gasteiger partial charge in [-0.15, -0.1) is 11.3 Å². The van der Waals surface area contributed by atoms with Crippen molar-refractivity contribution in [1.82, 2.24) is 10.2 Å². The largest absolute Gasteiger partial charge is 0.355 e. The molecule has 0 spiro atoms. The van der Waals surface area contributed by atoms with E-state index in [2.05, 4.69) is 39.1 Å². The molecule has 3 aromatic rings. The second kappa shape index (κ2) is 8.59. The van der Waals surface area contributed by atoms with Crippen LogP contribution in [0.15, 0.2) is 66.0 Å². The Labute approximate surface area is 174 Å². The number of carbonyl (C=O) groups excluding carboxylic acids is 2. The van der Waals surface area contributed by atoms with Crippen molar-refractivity contribution in [2.24, 2.45) is 0 Å². The Hall–Kier alpha value is -2.96. The van der Waals surface area contributed by atoms with Crippen LogP contribution in [-0.4, -0.2) is 36.9 Å². The maximum atomic E-state index is 12.8. The second-order valence-corrected chi connectivity index (χ2v) is 8.04. The molecule has 6 heteroatoms. The van der Waals surface area contributed by atoms with Crippen LogP contribution in [0.1, 0.15) is 32.4 Å². The molecule has 1 atom stereocenters. The number of anilines is 1. The van der Waals surface area contributed by atoms with Crippen LogP contribution in [0.2, 0.25) is 0 Å². The first-order valence-electron chi connectivity index (χ1n) is 9.63. The topological polar surface area (TPSA) is 61.4 Å². The Morgan fingerprint density at radius 1 is 1.07 bits per heavy atom. The average molecular weight is 406 g/mol. The highest BCUT2D eigenvalue weighted by molar-refractivity contribution is 7.10. The van der Waals surface area contributed by atoms with Gasteiger partial charge in [0.05, 0.1) is 12.6 Å². The number of thiophene rings is 1. The van der Waals surface area contributed by atoms with E-state index in [0.717, 1.165) is 13.0 Å². The van der Waals surface area contributed by atoms with Gasteiger partial charge in [-0.3, -0.25) is 14.5 Å². The summed E-state index contributed by atoms with van der Waals surface area (Å²) in [4.78, 5) is 28.0. The Kier molecular flexibility index (Phi) is 5.74. The molecule has 148 valence electrons. The molecule has 0 saturated heterocycles. The molecular weight excluding hydrogens is 382 g/mol. The van der Waals surface area contributed by atoms with Gasteiger partial charge >= 0.3 is 0 Å². The van der Waals surface area contributed by atoms with Crippen molar-refractivity contribution in [2.45, 2.75) is 12.5 Å². The van der Waals surface area contributed by atoms with Gasteiger partial charge in [-0.05, 0) is 53.3 Å². The van der Waals surface area contributed by atoms with E-state index < -0.39 is 0 Å². The Morgan fingerprint density at radius 3 is 2.55 bits per heavy atom. The number of carbonyl (C=O) groups is 2. The van der Waals surface area contributed by atoms with Crippen LogP contribution >= 0.6 is 11.3 Å². The first-order valence-corrected chi connectivity index (χ1v) is 10.5. The van der Waals surface area contributed by atoms with E-state index in [9.17, 15) is 9.59 Å². The van der Waals surface area contributed by atoms with E-state index in [1.165, 1.54) is 16.0 Å². The van der Waals surface area contributed by atoms with Crippen molar-refractivity contribution < 1.29 is 9.59 Å². The lowest BCUT2D eigenvalue weighted by Gasteiger charge is -2.35. The number of hydrogen-bond donors (Lipinski definition) is 2. The van der Waals surface area contributed by atoms with Gasteiger partial charge in [-0.2, -0.15) is 0 Å². The SMILES string of the molecule is CNC(=O)c1ccc(NC(=O)CN2CCc3sccc3[C@@H]2c2ccccc2)cc1. The summed E-state index contributed by atoms with van der Waals surface area (Å²) >= 11 is 1.79. The summed E-state index contributed by atoms with van der Waals surface area (Å²) in [7, 11) is 1.60. The van der Waals surface area contributed by atoms with Crippen molar-refractivity contribution in [3.63, 3.8) is 0 Å². The molecule has 1 aromatic heterocycles. The summed E-state index contributed by atoms with van der Waals surface area (Å²) in [6, 6.07) is 19.5. The van der Waals surface area contributed by atoms with Crippen LogP contribution in [0, 0.1) is 0 Å². The molecule has 0 saturated carbocycles. The monoisotopic (exact) mass is 405 g/mol. The number of nitrogens with zero attached hydrogens (tertiary/aromatic N) is 1. The zero-order chi connectivity index (χ0) is 20.2. The number of fused-ring (bicyclic) bond motifs is 1. The molecule has 29 heavy (non-hydrogen) atoms. The van der Waals surface area contributed by atoms with Gasteiger partial charge in [0.25, 0.3) is 5.91 Å². The van der Waals surface area contributed by atoms with Gasteiger partial charge in [-0.25, -0.2) is 0 Å². The van der Waals surface area contributed by atoms with E-state index in [1.807, 2.05) is 18.2 Å². The third-order valence-electron chi connectivity index (χ3n) is 5.19.